The van der Waals surface area contributed by atoms with Crippen LogP contribution in [-0.4, -0.2) is 60.1 Å². The molecule has 1 aromatic heterocycles. The molecule has 6 heteroatoms. The smallest absolute Gasteiger partial charge is 0.227 e. The minimum atomic E-state index is 0. The molecule has 30 heavy (non-hydrogen) atoms. The second-order valence-corrected chi connectivity index (χ2v) is 9.19. The molecular weight excluding hydrogens is 400 g/mol. The summed E-state index contributed by atoms with van der Waals surface area (Å²) < 4.78 is 11.8. The Hall–Kier alpha value is -1.56. The van der Waals surface area contributed by atoms with Gasteiger partial charge in [0.15, 0.2) is 0 Å². The predicted molar refractivity (Wildman–Crippen MR) is 120 cm³/mol. The van der Waals surface area contributed by atoms with Crippen molar-refractivity contribution in [2.75, 3.05) is 26.7 Å². The van der Waals surface area contributed by atoms with Crippen LogP contribution in [0.15, 0.2) is 34.9 Å². The Morgan fingerprint density at radius 1 is 1.20 bits per heavy atom. The Morgan fingerprint density at radius 2 is 2.03 bits per heavy atom. The molecule has 0 bridgehead atoms. The van der Waals surface area contributed by atoms with Gasteiger partial charge in [0.2, 0.25) is 5.91 Å². The summed E-state index contributed by atoms with van der Waals surface area (Å²) in [5.41, 5.74) is 1.97. The van der Waals surface area contributed by atoms with Crippen LogP contribution in [0.3, 0.4) is 0 Å². The Bertz CT molecular complexity index is 870. The van der Waals surface area contributed by atoms with Gasteiger partial charge in [-0.2, -0.15) is 0 Å². The zero-order valence-electron chi connectivity index (χ0n) is 17.8. The molecule has 2 aromatic rings. The summed E-state index contributed by atoms with van der Waals surface area (Å²) in [4.78, 5) is 18.0. The highest BCUT2D eigenvalue weighted by atomic mass is 35.5. The van der Waals surface area contributed by atoms with Gasteiger partial charge in [0, 0.05) is 31.1 Å². The van der Waals surface area contributed by atoms with Crippen molar-refractivity contribution in [3.63, 3.8) is 0 Å². The first-order valence-electron chi connectivity index (χ1n) is 11.2. The number of carbonyl (C=O) groups excluding carboxylic acids is 1. The van der Waals surface area contributed by atoms with Gasteiger partial charge in [0.05, 0.1) is 18.3 Å². The van der Waals surface area contributed by atoms with Crippen molar-refractivity contribution in [2.45, 2.75) is 69.1 Å². The maximum absolute atomic E-state index is 13.3. The van der Waals surface area contributed by atoms with Gasteiger partial charge in [0.25, 0.3) is 0 Å². The molecule has 1 amide bonds. The van der Waals surface area contributed by atoms with Gasteiger partial charge in [-0.3, -0.25) is 9.69 Å². The van der Waals surface area contributed by atoms with Crippen LogP contribution in [0, 0.1) is 0 Å². The lowest BCUT2D eigenvalue weighted by atomic mass is 9.76. The van der Waals surface area contributed by atoms with Crippen molar-refractivity contribution in [3.05, 3.63) is 36.1 Å². The number of furan rings is 1. The third-order valence-corrected chi connectivity index (χ3v) is 7.53. The maximum Gasteiger partial charge on any atom is 0.227 e. The molecule has 0 N–H and O–H groups in total. The number of likely N-dealkylation sites (tertiary alicyclic amines) is 1. The molecule has 3 fully saturated rings. The number of carbonyl (C=O) groups is 1. The van der Waals surface area contributed by atoms with Crippen LogP contribution in [0.2, 0.25) is 0 Å². The molecule has 1 aromatic carbocycles. The van der Waals surface area contributed by atoms with Crippen molar-refractivity contribution in [3.8, 4) is 0 Å². The number of fused-ring (bicyclic) bond motifs is 1. The van der Waals surface area contributed by atoms with E-state index in [9.17, 15) is 4.79 Å². The van der Waals surface area contributed by atoms with Crippen molar-refractivity contribution >= 4 is 29.3 Å². The van der Waals surface area contributed by atoms with Gasteiger partial charge in [0.1, 0.15) is 5.58 Å². The van der Waals surface area contributed by atoms with Gasteiger partial charge in [-0.15, -0.1) is 12.4 Å². The van der Waals surface area contributed by atoms with Gasteiger partial charge >= 0.3 is 0 Å². The normalized spacial score (nSPS) is 29.4. The van der Waals surface area contributed by atoms with E-state index in [-0.39, 0.29) is 30.0 Å². The van der Waals surface area contributed by atoms with E-state index in [0.29, 0.717) is 12.5 Å². The standard InChI is InChI=1S/C24H32N2O3.ClH/c1-25(23(27)16-18-6-4-7-22-19(18)9-15-28-22)20-8-11-24(10-5-14-29-24)17-21(20)26-12-2-3-13-26;/h4,6-7,9,15,20-21H,2-3,5,8,10-14,16-17H2,1H3;1H/t20-,21-,24-;/m1./s1. The lowest BCUT2D eigenvalue weighted by Crippen LogP contribution is -2.58. The number of likely N-dealkylation sites (N-methyl/N-ethyl adjacent to an activating group) is 1. The van der Waals surface area contributed by atoms with E-state index in [4.69, 9.17) is 9.15 Å². The summed E-state index contributed by atoms with van der Waals surface area (Å²) in [5.74, 6) is 0.205. The molecule has 1 spiro atoms. The van der Waals surface area contributed by atoms with E-state index in [2.05, 4.69) is 4.90 Å². The maximum atomic E-state index is 13.3. The minimum absolute atomic E-state index is 0. The van der Waals surface area contributed by atoms with E-state index in [1.165, 1.54) is 25.7 Å². The molecule has 0 unspecified atom stereocenters. The Balaban J connectivity index is 0.00000218. The van der Waals surface area contributed by atoms with E-state index < -0.39 is 0 Å². The van der Waals surface area contributed by atoms with Crippen molar-refractivity contribution in [1.82, 2.24) is 9.80 Å². The molecular formula is C24H33ClN2O3. The second-order valence-electron chi connectivity index (χ2n) is 9.19. The van der Waals surface area contributed by atoms with Crippen molar-refractivity contribution in [2.24, 2.45) is 0 Å². The van der Waals surface area contributed by atoms with E-state index >= 15 is 0 Å². The van der Waals surface area contributed by atoms with E-state index in [1.807, 2.05) is 36.2 Å². The van der Waals surface area contributed by atoms with Gasteiger partial charge in [-0.1, -0.05) is 12.1 Å². The van der Waals surface area contributed by atoms with E-state index in [0.717, 1.165) is 55.5 Å². The van der Waals surface area contributed by atoms with Gasteiger partial charge in [-0.05, 0) is 75.7 Å². The monoisotopic (exact) mass is 432 g/mol. The number of hydrogen-bond acceptors (Lipinski definition) is 4. The summed E-state index contributed by atoms with van der Waals surface area (Å²) in [6.07, 6.45) is 10.2. The van der Waals surface area contributed by atoms with Crippen molar-refractivity contribution < 1.29 is 13.9 Å². The van der Waals surface area contributed by atoms with E-state index in [1.54, 1.807) is 6.26 Å². The molecule has 5 rings (SSSR count). The molecule has 2 aliphatic heterocycles. The molecule has 3 atom stereocenters. The first kappa shape index (κ1) is 21.7. The van der Waals surface area contributed by atoms with Crippen LogP contribution in [0.5, 0.6) is 0 Å². The molecule has 1 saturated carbocycles. The number of ether oxygens (including phenoxy) is 1. The minimum Gasteiger partial charge on any atom is -0.464 e. The summed E-state index contributed by atoms with van der Waals surface area (Å²) in [6, 6.07) is 8.64. The SMILES string of the molecule is CN(C(=O)Cc1cccc2occc12)[C@@H]1CC[C@]2(CCCO2)C[C@H]1N1CCCC1.Cl. The first-order valence-corrected chi connectivity index (χ1v) is 11.2. The Kier molecular flexibility index (Phi) is 6.42. The third kappa shape index (κ3) is 4.00. The number of benzene rings is 1. The summed E-state index contributed by atoms with van der Waals surface area (Å²) in [5, 5.41) is 1.05. The summed E-state index contributed by atoms with van der Waals surface area (Å²) in [6.45, 7) is 3.22. The number of amides is 1. The van der Waals surface area contributed by atoms with Crippen LogP contribution < -0.4 is 0 Å². The molecule has 2 saturated heterocycles. The van der Waals surface area contributed by atoms with Crippen LogP contribution in [0.1, 0.15) is 50.5 Å². The average Bonchev–Trinajstić information content (AvgIpc) is 3.49. The van der Waals surface area contributed by atoms with Crippen LogP contribution in [0.4, 0.5) is 0 Å². The number of rotatable bonds is 4. The van der Waals surface area contributed by atoms with Crippen molar-refractivity contribution in [1.29, 1.82) is 0 Å². The number of hydrogen-bond donors (Lipinski definition) is 0. The third-order valence-electron chi connectivity index (χ3n) is 7.53. The fourth-order valence-electron chi connectivity index (χ4n) is 5.92. The molecule has 164 valence electrons. The fourth-order valence-corrected chi connectivity index (χ4v) is 5.92. The molecule has 0 radical (unpaired) electrons. The van der Waals surface area contributed by atoms with Gasteiger partial charge < -0.3 is 14.1 Å². The second kappa shape index (κ2) is 8.89. The summed E-state index contributed by atoms with van der Waals surface area (Å²) >= 11 is 0. The molecule has 1 aliphatic carbocycles. The quantitative estimate of drug-likeness (QED) is 0.717. The number of nitrogens with zero attached hydrogens (tertiary/aromatic N) is 2. The Labute approximate surface area is 185 Å². The largest absolute Gasteiger partial charge is 0.464 e. The highest BCUT2D eigenvalue weighted by Gasteiger charge is 2.47. The lowest BCUT2D eigenvalue weighted by Gasteiger charge is -2.48. The lowest BCUT2D eigenvalue weighted by molar-refractivity contribution is -0.136. The fraction of sp³-hybridized carbons (Fsp3) is 0.625. The molecule has 3 aliphatic rings. The predicted octanol–water partition coefficient (Wildman–Crippen LogP) is 4.42. The average molecular weight is 433 g/mol. The summed E-state index contributed by atoms with van der Waals surface area (Å²) in [7, 11) is 2.01. The molecule has 3 heterocycles. The van der Waals surface area contributed by atoms with Crippen LogP contribution >= 0.6 is 12.4 Å². The zero-order valence-corrected chi connectivity index (χ0v) is 18.7. The zero-order chi connectivity index (χ0) is 19.8. The topological polar surface area (TPSA) is 45.9 Å². The molecule has 5 nitrogen and oxygen atoms in total. The van der Waals surface area contributed by atoms with Crippen LogP contribution in [0.25, 0.3) is 11.0 Å². The number of halogens is 1. The van der Waals surface area contributed by atoms with Gasteiger partial charge in [-0.25, -0.2) is 0 Å². The van der Waals surface area contributed by atoms with Crippen LogP contribution in [-0.2, 0) is 16.0 Å². The highest BCUT2D eigenvalue weighted by Crippen LogP contribution is 2.43. The Morgan fingerprint density at radius 3 is 2.80 bits per heavy atom. The first-order chi connectivity index (χ1) is 14.2. The highest BCUT2D eigenvalue weighted by molar-refractivity contribution is 5.87.